The summed E-state index contributed by atoms with van der Waals surface area (Å²) >= 11 is 0. The van der Waals surface area contributed by atoms with Gasteiger partial charge < -0.3 is 19.3 Å². The van der Waals surface area contributed by atoms with Crippen LogP contribution in [0.25, 0.3) is 22.3 Å². The molecule has 0 atom stereocenters. The number of nitrogens with zero attached hydrogens (tertiary/aromatic N) is 2. The van der Waals surface area contributed by atoms with E-state index in [-0.39, 0.29) is 5.41 Å². The standard InChI is InChI=1S/C70H62N2O4/c1-48(2)68(73)75-66-40-22-56(23-41-66)55-20-32-61(33-21-55)71(60-28-14-51(6)15-29-60)63-34-24-58(25-35-63)70(46-44-57(45-47-70)52-10-8-7-9-11-52)59-26-36-64(37-27-59)72(65-38-42-67(43-39-65)76-69(74)49(3)4)62-30-18-54(19-31-62)53-16-12-50(5)13-17-53/h7-43,57H,1,3,44-47H2,2,4-6H3. The molecule has 0 saturated heterocycles. The third-order valence-electron chi connectivity index (χ3n) is 14.8. The van der Waals surface area contributed by atoms with Crippen molar-refractivity contribution < 1.29 is 19.1 Å². The van der Waals surface area contributed by atoms with Crippen molar-refractivity contribution >= 4 is 46.1 Å². The number of ether oxygens (including phenoxy) is 2. The third kappa shape index (κ3) is 11.1. The van der Waals surface area contributed by atoms with Gasteiger partial charge in [-0.15, -0.1) is 0 Å². The summed E-state index contributed by atoms with van der Waals surface area (Å²) < 4.78 is 11.0. The van der Waals surface area contributed by atoms with Gasteiger partial charge in [0.25, 0.3) is 0 Å². The highest BCUT2D eigenvalue weighted by atomic mass is 16.5. The minimum Gasteiger partial charge on any atom is -0.423 e. The topological polar surface area (TPSA) is 59.1 Å². The molecule has 0 spiro atoms. The van der Waals surface area contributed by atoms with Crippen LogP contribution in [0.3, 0.4) is 0 Å². The van der Waals surface area contributed by atoms with Crippen LogP contribution in [-0.2, 0) is 15.0 Å². The number of anilines is 6. The van der Waals surface area contributed by atoms with Gasteiger partial charge in [-0.1, -0.05) is 152 Å². The molecule has 0 amide bonds. The van der Waals surface area contributed by atoms with Crippen LogP contribution in [0.1, 0.15) is 73.3 Å². The highest BCUT2D eigenvalue weighted by molar-refractivity contribution is 5.89. The Hall–Kier alpha value is -9.00. The zero-order chi connectivity index (χ0) is 52.8. The number of aryl methyl sites for hydroxylation is 2. The molecule has 10 rings (SSSR count). The fourth-order valence-electron chi connectivity index (χ4n) is 10.5. The zero-order valence-electron chi connectivity index (χ0n) is 43.7. The fraction of sp³-hybridized carbons (Fsp3) is 0.143. The summed E-state index contributed by atoms with van der Waals surface area (Å²) in [6, 6.07) is 79.3. The van der Waals surface area contributed by atoms with Crippen molar-refractivity contribution in [1.82, 2.24) is 0 Å². The average Bonchev–Trinajstić information content (AvgIpc) is 3.46. The molecular formula is C70H62N2O4. The summed E-state index contributed by atoms with van der Waals surface area (Å²) in [6.45, 7) is 15.0. The molecule has 9 aromatic rings. The van der Waals surface area contributed by atoms with Crippen molar-refractivity contribution in [1.29, 1.82) is 0 Å². The molecule has 76 heavy (non-hydrogen) atoms. The Balaban J connectivity index is 0.990. The second-order valence-electron chi connectivity index (χ2n) is 20.2. The Labute approximate surface area is 447 Å². The lowest BCUT2D eigenvalue weighted by molar-refractivity contribution is -0.130. The monoisotopic (exact) mass is 994 g/mol. The molecule has 0 aliphatic heterocycles. The van der Waals surface area contributed by atoms with E-state index < -0.39 is 11.9 Å². The second kappa shape index (κ2) is 22.2. The molecule has 9 aromatic carbocycles. The van der Waals surface area contributed by atoms with Crippen molar-refractivity contribution in [3.63, 3.8) is 0 Å². The smallest absolute Gasteiger partial charge is 0.338 e. The van der Waals surface area contributed by atoms with Gasteiger partial charge in [-0.05, 0) is 195 Å². The van der Waals surface area contributed by atoms with E-state index in [0.29, 0.717) is 28.6 Å². The zero-order valence-corrected chi connectivity index (χ0v) is 43.7. The van der Waals surface area contributed by atoms with Gasteiger partial charge >= 0.3 is 11.9 Å². The predicted molar refractivity (Wildman–Crippen MR) is 312 cm³/mol. The lowest BCUT2D eigenvalue weighted by Crippen LogP contribution is -2.32. The molecular weight excluding hydrogens is 933 g/mol. The van der Waals surface area contributed by atoms with Gasteiger partial charge in [0.2, 0.25) is 0 Å². The first-order chi connectivity index (χ1) is 36.9. The maximum atomic E-state index is 12.4. The van der Waals surface area contributed by atoms with Crippen LogP contribution >= 0.6 is 0 Å². The Morgan fingerprint density at radius 2 is 0.697 bits per heavy atom. The van der Waals surface area contributed by atoms with E-state index >= 15 is 0 Å². The van der Waals surface area contributed by atoms with Gasteiger partial charge in [0.15, 0.2) is 0 Å². The first-order valence-corrected chi connectivity index (χ1v) is 26.1. The van der Waals surface area contributed by atoms with Crippen molar-refractivity contribution in [3.8, 4) is 33.8 Å². The van der Waals surface area contributed by atoms with E-state index in [4.69, 9.17) is 9.47 Å². The van der Waals surface area contributed by atoms with E-state index in [9.17, 15) is 9.59 Å². The number of carbonyl (C=O) groups excluding carboxylic acids is 2. The molecule has 0 radical (unpaired) electrons. The van der Waals surface area contributed by atoms with E-state index in [1.807, 2.05) is 48.5 Å². The van der Waals surface area contributed by atoms with Crippen LogP contribution < -0.4 is 19.3 Å². The van der Waals surface area contributed by atoms with Crippen LogP contribution in [0.15, 0.2) is 249 Å². The summed E-state index contributed by atoms with van der Waals surface area (Å²) in [5.74, 6) is 0.546. The number of benzene rings is 9. The van der Waals surface area contributed by atoms with Gasteiger partial charge in [0.05, 0.1) is 0 Å². The van der Waals surface area contributed by atoms with Gasteiger partial charge in [0.1, 0.15) is 11.5 Å². The first-order valence-electron chi connectivity index (χ1n) is 26.1. The minimum atomic E-state index is -0.450. The van der Waals surface area contributed by atoms with Crippen LogP contribution in [-0.4, -0.2) is 11.9 Å². The Kier molecular flexibility index (Phi) is 14.8. The molecule has 1 aliphatic rings. The molecule has 6 nitrogen and oxygen atoms in total. The van der Waals surface area contributed by atoms with Gasteiger partial charge in [-0.25, -0.2) is 9.59 Å². The largest absolute Gasteiger partial charge is 0.423 e. The van der Waals surface area contributed by atoms with Crippen molar-refractivity contribution in [2.24, 2.45) is 0 Å². The van der Waals surface area contributed by atoms with E-state index in [1.165, 1.54) is 33.4 Å². The van der Waals surface area contributed by atoms with Gasteiger partial charge in [0, 0.05) is 50.7 Å². The highest BCUT2D eigenvalue weighted by Crippen LogP contribution is 2.50. The minimum absolute atomic E-state index is 0.230. The molecule has 0 bridgehead atoms. The van der Waals surface area contributed by atoms with Gasteiger partial charge in [-0.3, -0.25) is 0 Å². The molecule has 0 aromatic heterocycles. The first kappa shape index (κ1) is 50.5. The summed E-state index contributed by atoms with van der Waals surface area (Å²) in [5.41, 5.74) is 17.4. The SMILES string of the molecule is C=C(C)C(=O)Oc1ccc(-c2ccc(N(c3ccc(C)cc3)c3ccc(C4(c5ccc(N(c6ccc(OC(=O)C(=C)C)cc6)c6ccc(-c7ccc(C)cc7)cc6)cc5)CCC(c5ccccc5)CC4)cc3)cc2)cc1. The number of hydrogen-bond acceptors (Lipinski definition) is 6. The van der Waals surface area contributed by atoms with Crippen LogP contribution in [0.2, 0.25) is 0 Å². The highest BCUT2D eigenvalue weighted by Gasteiger charge is 2.39. The van der Waals surface area contributed by atoms with Crippen LogP contribution in [0, 0.1) is 13.8 Å². The van der Waals surface area contributed by atoms with Crippen molar-refractivity contribution in [3.05, 3.63) is 277 Å². The molecule has 1 aliphatic carbocycles. The van der Waals surface area contributed by atoms with Crippen molar-refractivity contribution in [2.75, 3.05) is 9.80 Å². The number of esters is 2. The van der Waals surface area contributed by atoms with Crippen LogP contribution in [0.4, 0.5) is 34.1 Å². The lowest BCUT2D eigenvalue weighted by Gasteiger charge is -2.42. The molecule has 0 unspecified atom stereocenters. The van der Waals surface area contributed by atoms with Crippen molar-refractivity contribution in [2.45, 2.75) is 64.7 Å². The Morgan fingerprint density at radius 3 is 1.07 bits per heavy atom. The fourth-order valence-corrected chi connectivity index (χ4v) is 10.5. The third-order valence-corrected chi connectivity index (χ3v) is 14.8. The molecule has 1 saturated carbocycles. The Bertz CT molecular complexity index is 3470. The maximum Gasteiger partial charge on any atom is 0.338 e. The predicted octanol–water partition coefficient (Wildman–Crippen LogP) is 18.2. The normalized spacial score (nSPS) is 15.0. The summed E-state index contributed by atoms with van der Waals surface area (Å²) in [5, 5.41) is 0. The second-order valence-corrected chi connectivity index (χ2v) is 20.2. The summed E-state index contributed by atoms with van der Waals surface area (Å²) in [6.07, 6.45) is 4.14. The maximum absolute atomic E-state index is 12.4. The Morgan fingerprint density at radius 1 is 0.408 bits per heavy atom. The van der Waals surface area contributed by atoms with E-state index in [0.717, 1.165) is 76.5 Å². The van der Waals surface area contributed by atoms with E-state index in [2.05, 4.69) is 213 Å². The van der Waals surface area contributed by atoms with Gasteiger partial charge in [-0.2, -0.15) is 0 Å². The molecule has 1 fully saturated rings. The number of carbonyl (C=O) groups is 2. The lowest BCUT2D eigenvalue weighted by atomic mass is 9.62. The number of hydrogen-bond donors (Lipinski definition) is 0. The number of rotatable bonds is 15. The molecule has 0 N–H and O–H groups in total. The molecule has 376 valence electrons. The molecule has 6 heteroatoms. The van der Waals surface area contributed by atoms with Crippen LogP contribution in [0.5, 0.6) is 11.5 Å². The average molecular weight is 995 g/mol. The summed E-state index contributed by atoms with van der Waals surface area (Å²) in [4.78, 5) is 29.1. The summed E-state index contributed by atoms with van der Waals surface area (Å²) in [7, 11) is 0. The quantitative estimate of drug-likeness (QED) is 0.0579. The molecule has 0 heterocycles. The van der Waals surface area contributed by atoms with E-state index in [1.54, 1.807) is 13.8 Å².